The molecule has 0 aliphatic heterocycles. The summed E-state index contributed by atoms with van der Waals surface area (Å²) >= 11 is 0. The lowest BCUT2D eigenvalue weighted by Crippen LogP contribution is -2.39. The Morgan fingerprint density at radius 1 is 0.967 bits per heavy atom. The second kappa shape index (κ2) is 8.85. The molecule has 0 aliphatic carbocycles. The summed E-state index contributed by atoms with van der Waals surface area (Å²) in [5.74, 6) is 0.638. The van der Waals surface area contributed by atoms with E-state index < -0.39 is 41.2 Å². The number of ether oxygens (including phenoxy) is 1. The van der Waals surface area contributed by atoms with E-state index in [1.54, 1.807) is 6.92 Å². The van der Waals surface area contributed by atoms with Crippen molar-refractivity contribution in [2.24, 2.45) is 0 Å². The maximum atomic E-state index is 12.9. The number of carbonyl (C=O) groups excluding carboxylic acids is 1. The third-order valence-electron chi connectivity index (χ3n) is 4.11. The van der Waals surface area contributed by atoms with E-state index in [4.69, 9.17) is 4.74 Å². The number of anilines is 1. The second-order valence-corrected chi connectivity index (χ2v) is 6.83. The van der Waals surface area contributed by atoms with Gasteiger partial charge in [-0.15, -0.1) is 0 Å². The van der Waals surface area contributed by atoms with Crippen LogP contribution in [0, 0.1) is 13.8 Å². The molecule has 2 rings (SSSR count). The number of benzene rings is 2. The van der Waals surface area contributed by atoms with Crippen molar-refractivity contribution in [3.8, 4) is 5.75 Å². The Bertz CT molecular complexity index is 857. The van der Waals surface area contributed by atoms with Gasteiger partial charge < -0.3 is 15.4 Å². The molecule has 10 heteroatoms. The summed E-state index contributed by atoms with van der Waals surface area (Å²) in [7, 11) is 0. The van der Waals surface area contributed by atoms with Crippen LogP contribution in [-0.2, 0) is 12.4 Å². The molecule has 1 atom stereocenters. The number of nitrogens with one attached hydrogen (secondary N) is 2. The molecule has 30 heavy (non-hydrogen) atoms. The van der Waals surface area contributed by atoms with Crippen LogP contribution in [0.5, 0.6) is 5.75 Å². The predicted molar refractivity (Wildman–Crippen MR) is 99.5 cm³/mol. The van der Waals surface area contributed by atoms with Gasteiger partial charge in [-0.1, -0.05) is 18.2 Å². The zero-order valence-corrected chi connectivity index (χ0v) is 16.3. The number of carbonyl (C=O) groups is 1. The zero-order chi connectivity index (χ0) is 22.7. The second-order valence-electron chi connectivity index (χ2n) is 6.83. The van der Waals surface area contributed by atoms with E-state index >= 15 is 0 Å². The Hall–Kier alpha value is -2.91. The summed E-state index contributed by atoms with van der Waals surface area (Å²) in [4.78, 5) is 12.0. The number of halogens is 6. The van der Waals surface area contributed by atoms with E-state index in [1.165, 1.54) is 0 Å². The molecule has 1 unspecified atom stereocenters. The standard InChI is InChI=1S/C20H20F6N2O2/c1-11-5-4-6-12(2)17(11)30-10-13(3)27-18(29)28-16-8-14(19(21,22)23)7-15(9-16)20(24,25)26/h4-9,13H,10H2,1-3H3,(H2,27,28,29). The number of rotatable bonds is 5. The van der Waals surface area contributed by atoms with Crippen LogP contribution in [0.3, 0.4) is 0 Å². The highest BCUT2D eigenvalue weighted by Crippen LogP contribution is 2.37. The third-order valence-corrected chi connectivity index (χ3v) is 4.11. The van der Waals surface area contributed by atoms with Gasteiger partial charge in [0.05, 0.1) is 17.2 Å². The quantitative estimate of drug-likeness (QED) is 0.573. The lowest BCUT2D eigenvalue weighted by atomic mass is 10.1. The Balaban J connectivity index is 2.06. The molecule has 2 amide bonds. The van der Waals surface area contributed by atoms with E-state index in [2.05, 4.69) is 5.32 Å². The molecule has 0 aromatic heterocycles. The van der Waals surface area contributed by atoms with Crippen molar-refractivity contribution in [1.29, 1.82) is 0 Å². The Kier molecular flexibility index (Phi) is 6.89. The van der Waals surface area contributed by atoms with E-state index in [9.17, 15) is 31.1 Å². The number of aryl methyl sites for hydroxylation is 2. The van der Waals surface area contributed by atoms with Gasteiger partial charge in [0, 0.05) is 5.69 Å². The van der Waals surface area contributed by atoms with Gasteiger partial charge in [0.2, 0.25) is 0 Å². The van der Waals surface area contributed by atoms with Gasteiger partial charge in [-0.2, -0.15) is 26.3 Å². The summed E-state index contributed by atoms with van der Waals surface area (Å²) in [6, 6.07) is 4.88. The van der Waals surface area contributed by atoms with Crippen LogP contribution in [0.2, 0.25) is 0 Å². The lowest BCUT2D eigenvalue weighted by molar-refractivity contribution is -0.143. The molecular formula is C20H20F6N2O2. The van der Waals surface area contributed by atoms with E-state index in [-0.39, 0.29) is 12.7 Å². The summed E-state index contributed by atoms with van der Waals surface area (Å²) in [6.07, 6.45) is -10.00. The molecule has 0 fully saturated rings. The first-order valence-corrected chi connectivity index (χ1v) is 8.83. The zero-order valence-electron chi connectivity index (χ0n) is 16.3. The van der Waals surface area contributed by atoms with Crippen LogP contribution in [0.1, 0.15) is 29.2 Å². The normalized spacial score (nSPS) is 13.0. The number of urea groups is 1. The Labute approximate surface area is 169 Å². The van der Waals surface area contributed by atoms with Crippen LogP contribution in [-0.4, -0.2) is 18.7 Å². The molecular weight excluding hydrogens is 414 g/mol. The number of hydrogen-bond acceptors (Lipinski definition) is 2. The number of para-hydroxylation sites is 1. The maximum absolute atomic E-state index is 12.9. The van der Waals surface area contributed by atoms with Crippen molar-refractivity contribution >= 4 is 11.7 Å². The molecule has 0 saturated heterocycles. The number of alkyl halides is 6. The molecule has 164 valence electrons. The summed E-state index contributed by atoms with van der Waals surface area (Å²) in [5, 5.41) is 4.43. The number of amides is 2. The topological polar surface area (TPSA) is 50.4 Å². The smallest absolute Gasteiger partial charge is 0.416 e. The van der Waals surface area contributed by atoms with Crippen LogP contribution < -0.4 is 15.4 Å². The molecule has 2 N–H and O–H groups in total. The van der Waals surface area contributed by atoms with Gasteiger partial charge in [-0.3, -0.25) is 0 Å². The van der Waals surface area contributed by atoms with Crippen LogP contribution in [0.15, 0.2) is 36.4 Å². The van der Waals surface area contributed by atoms with Gasteiger partial charge in [0.15, 0.2) is 0 Å². The van der Waals surface area contributed by atoms with Crippen molar-refractivity contribution < 1.29 is 35.9 Å². The Morgan fingerprint density at radius 3 is 1.93 bits per heavy atom. The third kappa shape index (κ3) is 6.30. The average Bonchev–Trinajstić information content (AvgIpc) is 2.59. The lowest BCUT2D eigenvalue weighted by Gasteiger charge is -2.19. The molecule has 0 spiro atoms. The van der Waals surface area contributed by atoms with Crippen LogP contribution in [0.25, 0.3) is 0 Å². The SMILES string of the molecule is Cc1cccc(C)c1OCC(C)NC(=O)Nc1cc(C(F)(F)F)cc(C(F)(F)F)c1. The van der Waals surface area contributed by atoms with Gasteiger partial charge in [-0.05, 0) is 50.1 Å². The molecule has 0 bridgehead atoms. The molecule has 2 aromatic rings. The first kappa shape index (κ1) is 23.4. The van der Waals surface area contributed by atoms with Gasteiger partial charge in [0.1, 0.15) is 12.4 Å². The van der Waals surface area contributed by atoms with Crippen molar-refractivity contribution in [2.75, 3.05) is 11.9 Å². The fourth-order valence-corrected chi connectivity index (χ4v) is 2.69. The minimum absolute atomic E-state index is 0.00985. The van der Waals surface area contributed by atoms with E-state index in [0.717, 1.165) is 11.1 Å². The highest BCUT2D eigenvalue weighted by Gasteiger charge is 2.37. The minimum Gasteiger partial charge on any atom is -0.491 e. The maximum Gasteiger partial charge on any atom is 0.416 e. The van der Waals surface area contributed by atoms with Gasteiger partial charge in [-0.25, -0.2) is 4.79 Å². The highest BCUT2D eigenvalue weighted by atomic mass is 19.4. The average molecular weight is 434 g/mol. The fourth-order valence-electron chi connectivity index (χ4n) is 2.69. The molecule has 0 radical (unpaired) electrons. The van der Waals surface area contributed by atoms with Gasteiger partial charge >= 0.3 is 18.4 Å². The fraction of sp³-hybridized carbons (Fsp3) is 0.350. The summed E-state index contributed by atoms with van der Waals surface area (Å²) < 4.78 is 83.1. The van der Waals surface area contributed by atoms with Crippen molar-refractivity contribution in [2.45, 2.75) is 39.2 Å². The summed E-state index contributed by atoms with van der Waals surface area (Å²) in [5.41, 5.74) is -1.89. The molecule has 4 nitrogen and oxygen atoms in total. The monoisotopic (exact) mass is 434 g/mol. The molecule has 0 aliphatic rings. The summed E-state index contributed by atoms with van der Waals surface area (Å²) in [6.45, 7) is 5.33. The Morgan fingerprint density at radius 2 is 1.47 bits per heavy atom. The largest absolute Gasteiger partial charge is 0.491 e. The van der Waals surface area contributed by atoms with Gasteiger partial charge in [0.25, 0.3) is 0 Å². The van der Waals surface area contributed by atoms with Crippen molar-refractivity contribution in [3.05, 3.63) is 58.7 Å². The molecule has 0 heterocycles. The first-order chi connectivity index (χ1) is 13.8. The van der Waals surface area contributed by atoms with Crippen LogP contribution in [0.4, 0.5) is 36.8 Å². The van der Waals surface area contributed by atoms with Crippen molar-refractivity contribution in [3.63, 3.8) is 0 Å². The van der Waals surface area contributed by atoms with E-state index in [1.807, 2.05) is 37.4 Å². The molecule has 0 saturated carbocycles. The number of hydrogen-bond donors (Lipinski definition) is 2. The minimum atomic E-state index is -5.00. The molecule has 2 aromatic carbocycles. The predicted octanol–water partition coefficient (Wildman–Crippen LogP) is 5.93. The first-order valence-electron chi connectivity index (χ1n) is 8.83. The van der Waals surface area contributed by atoms with Crippen LogP contribution >= 0.6 is 0 Å². The van der Waals surface area contributed by atoms with E-state index in [0.29, 0.717) is 17.9 Å². The highest BCUT2D eigenvalue weighted by molar-refractivity contribution is 5.89. The van der Waals surface area contributed by atoms with Crippen molar-refractivity contribution in [1.82, 2.24) is 5.32 Å².